The van der Waals surface area contributed by atoms with E-state index in [1.807, 2.05) is 67.0 Å². The number of aryl methyl sites for hydroxylation is 4. The van der Waals surface area contributed by atoms with Crippen molar-refractivity contribution in [1.29, 1.82) is 0 Å². The van der Waals surface area contributed by atoms with Crippen molar-refractivity contribution in [2.24, 2.45) is 28.2 Å². The van der Waals surface area contributed by atoms with Gasteiger partial charge < -0.3 is 48.9 Å². The summed E-state index contributed by atoms with van der Waals surface area (Å²) in [6.07, 6.45) is 5.96. The molecule has 0 atom stereocenters. The molecule has 3 N–H and O–H groups in total. The van der Waals surface area contributed by atoms with Crippen molar-refractivity contribution in [1.82, 2.24) is 58.4 Å². The van der Waals surface area contributed by atoms with E-state index >= 15 is 0 Å². The van der Waals surface area contributed by atoms with Crippen molar-refractivity contribution in [3.05, 3.63) is 126 Å². The van der Waals surface area contributed by atoms with Gasteiger partial charge in [0, 0.05) is 175 Å². The standard InChI is InChI=1S/C31H36N8O2.C22H27ClN6O2.C9H10N2.CH4/c1-36-9-7-22-3-5-24(20-28(22)36)32-30-21-27(33-31(34-30)39-13-17-41-18-14-39)23-4-6-25-26(35-37(2)29(25)19-23)8-10-38-11-15-40-16-12-38;1-27-20-14-16(19-15-21(23)25-22(24-19)29-8-12-31-13-9-29)2-3-17(20)18(26-27)4-5-28-6-10-30-11-7-28;1-11-5-4-7-2-3-8(10)6-9(7)11;/h3-7,9,19-21H,8,10-18H2,1-2H3,(H,32,33,34);2-3,14-15H,4-13H2,1H3;2-6H,10H2,1H3;1H4. The van der Waals surface area contributed by atoms with Gasteiger partial charge in [0.1, 0.15) is 11.0 Å². The van der Waals surface area contributed by atoms with Crippen molar-refractivity contribution in [2.75, 3.05) is 139 Å². The molecule has 0 aliphatic carbocycles. The third kappa shape index (κ3) is 13.5. The van der Waals surface area contributed by atoms with E-state index in [-0.39, 0.29) is 7.43 Å². The molecule has 4 saturated heterocycles. The Morgan fingerprint density at radius 3 is 1.48 bits per heavy atom. The number of aromatic nitrogens is 10. The summed E-state index contributed by atoms with van der Waals surface area (Å²) in [5, 5.41) is 18.5. The molecule has 4 aromatic carbocycles. The molecule has 440 valence electrons. The lowest BCUT2D eigenvalue weighted by molar-refractivity contribution is 0.0383. The molecule has 84 heavy (non-hydrogen) atoms. The molecule has 0 radical (unpaired) electrons. The lowest BCUT2D eigenvalue weighted by atomic mass is 10.1. The van der Waals surface area contributed by atoms with Gasteiger partial charge in [-0.3, -0.25) is 19.2 Å². The van der Waals surface area contributed by atoms with Crippen LogP contribution in [0.3, 0.4) is 0 Å². The molecule has 4 aliphatic rings. The summed E-state index contributed by atoms with van der Waals surface area (Å²) in [6.45, 7) is 15.0. The van der Waals surface area contributed by atoms with Crippen LogP contribution < -0.4 is 20.9 Å². The summed E-state index contributed by atoms with van der Waals surface area (Å²) in [5.41, 5.74) is 18.0. The summed E-state index contributed by atoms with van der Waals surface area (Å²) in [7, 11) is 8.10. The number of rotatable bonds is 12. The molecular weight excluding hydrogens is 1080 g/mol. The van der Waals surface area contributed by atoms with Crippen LogP contribution >= 0.6 is 11.6 Å². The van der Waals surface area contributed by atoms with Crippen LogP contribution in [0, 0.1) is 0 Å². The smallest absolute Gasteiger partial charge is 0.228 e. The number of nitrogens with zero attached hydrogens (tertiary/aromatic N) is 14. The molecule has 10 heterocycles. The number of hydrogen-bond donors (Lipinski definition) is 2. The highest BCUT2D eigenvalue weighted by atomic mass is 35.5. The van der Waals surface area contributed by atoms with E-state index in [4.69, 9.17) is 61.4 Å². The second-order valence-electron chi connectivity index (χ2n) is 21.6. The zero-order valence-electron chi connectivity index (χ0n) is 47.9. The second-order valence-corrected chi connectivity index (χ2v) is 22.0. The van der Waals surface area contributed by atoms with Crippen molar-refractivity contribution in [3.8, 4) is 22.5 Å². The summed E-state index contributed by atoms with van der Waals surface area (Å²) in [4.78, 5) is 28.4. The second kappa shape index (κ2) is 26.5. The van der Waals surface area contributed by atoms with Crippen LogP contribution in [-0.2, 0) is 60.0 Å². The summed E-state index contributed by atoms with van der Waals surface area (Å²) < 4.78 is 30.1. The highest BCUT2D eigenvalue weighted by Crippen LogP contribution is 2.32. The summed E-state index contributed by atoms with van der Waals surface area (Å²) in [5.74, 6) is 2.13. The number of hydrogen-bond acceptors (Lipinski definition) is 16. The number of benzene rings is 4. The average molecular weight is 1160 g/mol. The molecule has 0 bridgehead atoms. The minimum atomic E-state index is 0. The van der Waals surface area contributed by atoms with Gasteiger partial charge >= 0.3 is 0 Å². The zero-order chi connectivity index (χ0) is 56.8. The van der Waals surface area contributed by atoms with Gasteiger partial charge in [0.25, 0.3) is 0 Å². The fraction of sp³-hybridized carbons (Fsp3) is 0.397. The third-order valence-electron chi connectivity index (χ3n) is 16.0. The quantitative estimate of drug-likeness (QED) is 0.0873. The first-order valence-electron chi connectivity index (χ1n) is 28.8. The van der Waals surface area contributed by atoms with Gasteiger partial charge in [-0.25, -0.2) is 15.0 Å². The van der Waals surface area contributed by atoms with Gasteiger partial charge in [0.15, 0.2) is 0 Å². The molecule has 0 unspecified atom stereocenters. The topological polar surface area (TPSA) is 185 Å². The van der Waals surface area contributed by atoms with Crippen LogP contribution in [0.5, 0.6) is 0 Å². The van der Waals surface area contributed by atoms with Crippen LogP contribution in [0.25, 0.3) is 66.1 Å². The number of morpholine rings is 4. The van der Waals surface area contributed by atoms with Gasteiger partial charge in [-0.15, -0.1) is 0 Å². The number of fused-ring (bicyclic) bond motifs is 4. The average Bonchev–Trinajstić information content (AvgIpc) is 3.01. The Balaban J connectivity index is 0.000000150. The van der Waals surface area contributed by atoms with Crippen LogP contribution in [0.4, 0.5) is 29.1 Å². The molecule has 4 fully saturated rings. The van der Waals surface area contributed by atoms with Gasteiger partial charge in [0.05, 0.1) is 86.7 Å². The minimum absolute atomic E-state index is 0. The van der Waals surface area contributed by atoms with Gasteiger partial charge in [-0.1, -0.05) is 55.4 Å². The first-order valence-corrected chi connectivity index (χ1v) is 29.2. The van der Waals surface area contributed by atoms with Crippen molar-refractivity contribution < 1.29 is 18.9 Å². The first-order chi connectivity index (χ1) is 40.5. The van der Waals surface area contributed by atoms with Crippen molar-refractivity contribution in [3.63, 3.8) is 0 Å². The van der Waals surface area contributed by atoms with Crippen LogP contribution in [0.1, 0.15) is 18.8 Å². The van der Waals surface area contributed by atoms with Crippen molar-refractivity contribution >= 4 is 84.3 Å². The lowest BCUT2D eigenvalue weighted by Gasteiger charge is -2.27. The maximum absolute atomic E-state index is 6.35. The number of nitrogens with two attached hydrogens (primary N) is 1. The molecule has 20 nitrogen and oxygen atoms in total. The SMILES string of the molecule is C.Cn1ccc2ccc(N)cc21.Cn1ccc2ccc(Nc3cc(-c4ccc5c(CCN6CCOCC6)nn(C)c5c4)nc(N4CCOCC4)n3)cc21.Cn1nc(CCN2CCOCC2)c2ccc(-c3cc(Cl)nc(N4CCOCC4)n3)cc21. The maximum Gasteiger partial charge on any atom is 0.228 e. The van der Waals surface area contributed by atoms with E-state index < -0.39 is 0 Å². The number of halogens is 1. The van der Waals surface area contributed by atoms with Crippen LogP contribution in [0.15, 0.2) is 109 Å². The van der Waals surface area contributed by atoms with E-state index in [2.05, 4.69) is 119 Å². The van der Waals surface area contributed by atoms with Gasteiger partial charge in [-0.2, -0.15) is 15.2 Å². The fourth-order valence-corrected chi connectivity index (χ4v) is 11.5. The maximum atomic E-state index is 6.35. The number of nitrogen functional groups attached to an aromatic ring is 1. The van der Waals surface area contributed by atoms with E-state index in [0.29, 0.717) is 43.5 Å². The molecule has 6 aromatic heterocycles. The predicted octanol–water partition coefficient (Wildman–Crippen LogP) is 8.77. The largest absolute Gasteiger partial charge is 0.399 e. The number of nitrogens with one attached hydrogen (secondary N) is 1. The lowest BCUT2D eigenvalue weighted by Crippen LogP contribution is -2.37. The third-order valence-corrected chi connectivity index (χ3v) is 16.2. The van der Waals surface area contributed by atoms with Gasteiger partial charge in [0.2, 0.25) is 11.9 Å². The Hall–Kier alpha value is -7.69. The number of anilines is 5. The highest BCUT2D eigenvalue weighted by molar-refractivity contribution is 6.29. The first kappa shape index (κ1) is 58.1. The number of ether oxygens (including phenoxy) is 4. The minimum Gasteiger partial charge on any atom is -0.399 e. The summed E-state index contributed by atoms with van der Waals surface area (Å²) in [6, 6.07) is 33.3. The van der Waals surface area contributed by atoms with E-state index in [0.717, 1.165) is 167 Å². The molecule has 10 aromatic rings. The normalized spacial score (nSPS) is 16.2. The van der Waals surface area contributed by atoms with E-state index in [1.165, 1.54) is 32.6 Å². The molecule has 0 saturated carbocycles. The molecule has 21 heteroatoms. The molecule has 0 amide bonds. The Morgan fingerprint density at radius 2 is 0.952 bits per heavy atom. The molecule has 4 aliphatic heterocycles. The molecule has 14 rings (SSSR count). The Morgan fingerprint density at radius 1 is 0.488 bits per heavy atom. The Bertz CT molecular complexity index is 3850. The van der Waals surface area contributed by atoms with Crippen molar-refractivity contribution in [2.45, 2.75) is 20.3 Å². The monoisotopic (exact) mass is 1160 g/mol. The predicted molar refractivity (Wildman–Crippen MR) is 337 cm³/mol. The van der Waals surface area contributed by atoms with Crippen LogP contribution in [-0.4, -0.2) is 177 Å². The summed E-state index contributed by atoms with van der Waals surface area (Å²) >= 11 is 6.35. The van der Waals surface area contributed by atoms with E-state index in [1.54, 1.807) is 0 Å². The highest BCUT2D eigenvalue weighted by Gasteiger charge is 2.21. The zero-order valence-corrected chi connectivity index (χ0v) is 48.6. The van der Waals surface area contributed by atoms with Crippen LogP contribution in [0.2, 0.25) is 5.15 Å². The molecule has 0 spiro atoms. The van der Waals surface area contributed by atoms with Gasteiger partial charge in [-0.05, 0) is 59.3 Å². The molecular formula is C63H77ClN16O4. The van der Waals surface area contributed by atoms with E-state index in [9.17, 15) is 0 Å². The Kier molecular flexibility index (Phi) is 18.3. The Labute approximate surface area is 495 Å². The fourth-order valence-electron chi connectivity index (χ4n) is 11.3.